The first-order valence-corrected chi connectivity index (χ1v) is 14.7. The summed E-state index contributed by atoms with van der Waals surface area (Å²) in [5.41, 5.74) is -0.529. The summed E-state index contributed by atoms with van der Waals surface area (Å²) < 4.78 is 29.3. The van der Waals surface area contributed by atoms with Gasteiger partial charge in [0.15, 0.2) is 0 Å². The highest BCUT2D eigenvalue weighted by Crippen LogP contribution is 2.69. The van der Waals surface area contributed by atoms with Crippen molar-refractivity contribution in [3.63, 3.8) is 0 Å². The number of Topliss-reactive ketones (excluding diaryl/α,β-unsaturated/α-hetero) is 1. The van der Waals surface area contributed by atoms with Crippen LogP contribution < -0.4 is 0 Å². The zero-order valence-corrected chi connectivity index (χ0v) is 22.9. The third kappa shape index (κ3) is 4.91. The van der Waals surface area contributed by atoms with Crippen LogP contribution >= 0.6 is 7.60 Å². The second-order valence-electron chi connectivity index (χ2n) is 11.0. The average Bonchev–Trinajstić information content (AvgIpc) is 3.00. The minimum absolute atomic E-state index is 0.148. The van der Waals surface area contributed by atoms with Crippen LogP contribution in [-0.2, 0) is 27.9 Å². The molecule has 0 aromatic carbocycles. The van der Waals surface area contributed by atoms with Crippen molar-refractivity contribution in [2.45, 2.75) is 84.7 Å². The Morgan fingerprint density at radius 3 is 2.46 bits per heavy atom. The van der Waals surface area contributed by atoms with Crippen molar-refractivity contribution >= 4 is 19.3 Å². The molecule has 0 aromatic rings. The van der Waals surface area contributed by atoms with Crippen LogP contribution in [0.3, 0.4) is 0 Å². The lowest BCUT2D eigenvalue weighted by Gasteiger charge is -2.57. The lowest BCUT2D eigenvalue weighted by molar-refractivity contribution is -0.147. The fraction of sp³-hybridized carbons (Fsp3) is 0.815. The van der Waals surface area contributed by atoms with E-state index >= 15 is 0 Å². The molecule has 7 atom stereocenters. The first kappa shape index (κ1) is 28.1. The summed E-state index contributed by atoms with van der Waals surface area (Å²) in [6.07, 6.45) is 5.50. The molecule has 0 saturated heterocycles. The van der Waals surface area contributed by atoms with E-state index in [2.05, 4.69) is 26.5 Å². The number of carbonyl (C=O) groups is 2. The molecule has 0 heterocycles. The van der Waals surface area contributed by atoms with Gasteiger partial charge in [-0.25, -0.2) is 0 Å². The maximum absolute atomic E-state index is 14.2. The third-order valence-electron chi connectivity index (χ3n) is 9.30. The smallest absolute Gasteiger partial charge is 0.347 e. The van der Waals surface area contributed by atoms with Crippen molar-refractivity contribution in [1.82, 2.24) is 0 Å². The van der Waals surface area contributed by atoms with Crippen LogP contribution in [0.5, 0.6) is 0 Å². The largest absolute Gasteiger partial charge is 0.469 e. The van der Waals surface area contributed by atoms with Gasteiger partial charge in [0.25, 0.3) is 0 Å². The van der Waals surface area contributed by atoms with Crippen LogP contribution in [0, 0.1) is 45.8 Å². The van der Waals surface area contributed by atoms with Crippen LogP contribution in [0.15, 0.2) is 12.2 Å². The van der Waals surface area contributed by atoms with E-state index in [0.29, 0.717) is 12.8 Å². The molecule has 3 fully saturated rings. The predicted molar refractivity (Wildman–Crippen MR) is 134 cm³/mol. The second-order valence-corrected chi connectivity index (χ2v) is 13.2. The highest BCUT2D eigenvalue weighted by Gasteiger charge is 2.66. The van der Waals surface area contributed by atoms with E-state index in [-0.39, 0.29) is 60.5 Å². The van der Waals surface area contributed by atoms with Gasteiger partial charge >= 0.3 is 13.6 Å². The van der Waals surface area contributed by atoms with Gasteiger partial charge in [-0.1, -0.05) is 19.1 Å². The average molecular weight is 508 g/mol. The molecule has 3 aliphatic rings. The second kappa shape index (κ2) is 10.9. The summed E-state index contributed by atoms with van der Waals surface area (Å²) in [6.45, 7) is 12.4. The number of carbonyl (C=O) groups excluding carboxylic acids is 2. The van der Waals surface area contributed by atoms with Gasteiger partial charge in [-0.15, -0.1) is 0 Å². The van der Waals surface area contributed by atoms with Crippen molar-refractivity contribution in [1.29, 1.82) is 5.26 Å². The molecular formula is C27H42NO6P. The quantitative estimate of drug-likeness (QED) is 0.190. The summed E-state index contributed by atoms with van der Waals surface area (Å²) >= 11 is 0. The van der Waals surface area contributed by atoms with Gasteiger partial charge in [0.2, 0.25) is 0 Å². The van der Waals surface area contributed by atoms with E-state index in [9.17, 15) is 19.4 Å². The summed E-state index contributed by atoms with van der Waals surface area (Å²) in [5, 5.41) is 9.91. The molecule has 2 bridgehead atoms. The van der Waals surface area contributed by atoms with Crippen LogP contribution in [-0.4, -0.2) is 37.7 Å². The van der Waals surface area contributed by atoms with Crippen molar-refractivity contribution in [3.05, 3.63) is 12.2 Å². The Morgan fingerprint density at radius 2 is 1.91 bits per heavy atom. The van der Waals surface area contributed by atoms with Gasteiger partial charge in [0.05, 0.1) is 26.4 Å². The fourth-order valence-electron chi connectivity index (χ4n) is 7.90. The molecule has 3 rings (SSSR count). The number of nitriles is 1. The molecule has 8 heteroatoms. The number of hydrogen-bond acceptors (Lipinski definition) is 7. The van der Waals surface area contributed by atoms with E-state index in [1.807, 2.05) is 0 Å². The number of ether oxygens (including phenoxy) is 1. The first-order valence-electron chi connectivity index (χ1n) is 13.1. The highest BCUT2D eigenvalue weighted by atomic mass is 31.2. The summed E-state index contributed by atoms with van der Waals surface area (Å²) in [6, 6.07) is 2.16. The Bertz CT molecular complexity index is 917. The van der Waals surface area contributed by atoms with E-state index in [1.54, 1.807) is 13.8 Å². The lowest BCUT2D eigenvalue weighted by atomic mass is 9.46. The Hall–Kier alpha value is -1.48. The minimum Gasteiger partial charge on any atom is -0.469 e. The molecular weight excluding hydrogens is 465 g/mol. The number of allylic oxidation sites excluding steroid dienone is 1. The molecule has 3 saturated carbocycles. The number of methoxy groups -OCH3 is 1. The standard InChI is InChI=1S/C27H42NO6P/c1-7-33-35(31,34-8-2)20(17-28)15-21-19-9-10-23-26(5,13-12-24(29)32-6)22(18(3)4)11-14-27(23,16-19)25(21)30/h19-23H,3,7-16H2,1-2,4-6H3/t19-,20?,21?,22+,23-,26+,27+/m0/s1. The van der Waals surface area contributed by atoms with Crippen LogP contribution in [0.25, 0.3) is 0 Å². The number of nitrogens with zero attached hydrogens (tertiary/aromatic N) is 1. The summed E-state index contributed by atoms with van der Waals surface area (Å²) in [5.74, 6) is 0.246. The Morgan fingerprint density at radius 1 is 1.26 bits per heavy atom. The zero-order chi connectivity index (χ0) is 26.0. The maximum atomic E-state index is 14.2. The van der Waals surface area contributed by atoms with Crippen molar-refractivity contribution in [2.24, 2.45) is 34.5 Å². The van der Waals surface area contributed by atoms with E-state index < -0.39 is 18.7 Å². The molecule has 0 aliphatic heterocycles. The lowest BCUT2D eigenvalue weighted by Crippen LogP contribution is -2.53. The van der Waals surface area contributed by atoms with Crippen molar-refractivity contribution < 1.29 is 27.9 Å². The normalized spacial score (nSPS) is 35.1. The number of fused-ring (bicyclic) bond motifs is 1. The van der Waals surface area contributed by atoms with Crippen LogP contribution in [0.4, 0.5) is 0 Å². The third-order valence-corrected chi connectivity index (χ3v) is 11.6. The number of rotatable bonds is 11. The predicted octanol–water partition coefficient (Wildman–Crippen LogP) is 6.08. The van der Waals surface area contributed by atoms with Gasteiger partial charge in [-0.3, -0.25) is 14.2 Å². The SMILES string of the molecule is C=C(C)[C@H]1CC[C@@]23C[C@H](CC[C@H]2[C@]1(C)CCC(=O)OC)C(CC(C#N)P(=O)(OCC)OCC)C3=O. The maximum Gasteiger partial charge on any atom is 0.347 e. The van der Waals surface area contributed by atoms with Gasteiger partial charge in [-0.2, -0.15) is 5.26 Å². The van der Waals surface area contributed by atoms with Crippen molar-refractivity contribution in [2.75, 3.05) is 20.3 Å². The molecule has 0 aromatic heterocycles. The topological polar surface area (TPSA) is 103 Å². The number of ketones is 1. The summed E-state index contributed by atoms with van der Waals surface area (Å²) in [4.78, 5) is 26.3. The molecule has 2 unspecified atom stereocenters. The van der Waals surface area contributed by atoms with Crippen LogP contribution in [0.1, 0.15) is 79.1 Å². The molecule has 7 nitrogen and oxygen atoms in total. The Kier molecular flexibility index (Phi) is 8.73. The van der Waals surface area contributed by atoms with Gasteiger partial charge in [-0.05, 0) is 88.9 Å². The van der Waals surface area contributed by atoms with Crippen LogP contribution in [0.2, 0.25) is 0 Å². The first-order chi connectivity index (χ1) is 16.5. The highest BCUT2D eigenvalue weighted by molar-refractivity contribution is 7.55. The van der Waals surface area contributed by atoms with E-state index in [4.69, 9.17) is 13.8 Å². The number of esters is 1. The molecule has 1 spiro atoms. The Labute approximate surface area is 210 Å². The van der Waals surface area contributed by atoms with E-state index in [1.165, 1.54) is 7.11 Å². The molecule has 3 aliphatic carbocycles. The Balaban J connectivity index is 1.92. The monoisotopic (exact) mass is 507 g/mol. The summed E-state index contributed by atoms with van der Waals surface area (Å²) in [7, 11) is -2.22. The van der Waals surface area contributed by atoms with Crippen molar-refractivity contribution in [3.8, 4) is 6.07 Å². The molecule has 196 valence electrons. The minimum atomic E-state index is -3.63. The van der Waals surface area contributed by atoms with Gasteiger partial charge < -0.3 is 13.8 Å². The zero-order valence-electron chi connectivity index (χ0n) is 22.0. The number of hydrogen-bond donors (Lipinski definition) is 0. The fourth-order valence-corrected chi connectivity index (χ4v) is 9.68. The molecule has 0 N–H and O–H groups in total. The molecule has 35 heavy (non-hydrogen) atoms. The van der Waals surface area contributed by atoms with Gasteiger partial charge in [0, 0.05) is 17.8 Å². The van der Waals surface area contributed by atoms with E-state index in [0.717, 1.165) is 37.7 Å². The molecule has 0 amide bonds. The molecule has 0 radical (unpaired) electrons. The van der Waals surface area contributed by atoms with Gasteiger partial charge in [0.1, 0.15) is 11.4 Å².